The summed E-state index contributed by atoms with van der Waals surface area (Å²) >= 11 is 7.70. The minimum atomic E-state index is 0.181. The number of thiophene rings is 1. The molecule has 2 nitrogen and oxygen atoms in total. The third kappa shape index (κ3) is 3.17. The van der Waals surface area contributed by atoms with Gasteiger partial charge in [0.05, 0.1) is 17.5 Å². The number of halogens is 1. The van der Waals surface area contributed by atoms with E-state index in [0.29, 0.717) is 0 Å². The molecule has 1 N–H and O–H groups in total. The van der Waals surface area contributed by atoms with Crippen LogP contribution in [0.4, 0.5) is 0 Å². The van der Waals surface area contributed by atoms with Crippen molar-refractivity contribution in [1.29, 1.82) is 0 Å². The van der Waals surface area contributed by atoms with Crippen LogP contribution in [0.25, 0.3) is 0 Å². The zero-order valence-electron chi connectivity index (χ0n) is 12.3. The van der Waals surface area contributed by atoms with Gasteiger partial charge < -0.3 is 10.1 Å². The molecule has 0 saturated carbocycles. The standard InChI is InChI=1S/C16H20ClNOS/c1-5-18-15(13-6-7-14(17)20-13)12-8-10(2)16(19-4)11(3)9-12/h6-9,15,18H,5H2,1-4H3. The molecule has 0 aliphatic heterocycles. The van der Waals surface area contributed by atoms with Crippen LogP contribution in [0, 0.1) is 13.8 Å². The third-order valence-electron chi connectivity index (χ3n) is 3.31. The van der Waals surface area contributed by atoms with Gasteiger partial charge in [0, 0.05) is 4.88 Å². The molecule has 1 unspecified atom stereocenters. The highest BCUT2D eigenvalue weighted by molar-refractivity contribution is 7.16. The Balaban J connectivity index is 2.44. The molecule has 0 spiro atoms. The normalized spacial score (nSPS) is 12.4. The average molecular weight is 310 g/mol. The van der Waals surface area contributed by atoms with E-state index in [4.69, 9.17) is 16.3 Å². The van der Waals surface area contributed by atoms with Gasteiger partial charge >= 0.3 is 0 Å². The summed E-state index contributed by atoms with van der Waals surface area (Å²) in [6, 6.07) is 8.60. The van der Waals surface area contributed by atoms with Gasteiger partial charge in [-0.2, -0.15) is 0 Å². The summed E-state index contributed by atoms with van der Waals surface area (Å²) in [7, 11) is 1.72. The molecule has 0 bridgehead atoms. The highest BCUT2D eigenvalue weighted by Gasteiger charge is 2.17. The minimum Gasteiger partial charge on any atom is -0.496 e. The van der Waals surface area contributed by atoms with Crippen molar-refractivity contribution in [3.05, 3.63) is 50.2 Å². The van der Waals surface area contributed by atoms with Crippen molar-refractivity contribution in [2.75, 3.05) is 13.7 Å². The Morgan fingerprint density at radius 1 is 1.25 bits per heavy atom. The number of methoxy groups -OCH3 is 1. The van der Waals surface area contributed by atoms with Crippen LogP contribution < -0.4 is 10.1 Å². The lowest BCUT2D eigenvalue weighted by molar-refractivity contribution is 0.408. The van der Waals surface area contributed by atoms with Crippen LogP contribution in [0.1, 0.15) is 34.5 Å². The molecule has 1 atom stereocenters. The first kappa shape index (κ1) is 15.4. The van der Waals surface area contributed by atoms with Crippen LogP contribution in [0.3, 0.4) is 0 Å². The van der Waals surface area contributed by atoms with Crippen molar-refractivity contribution >= 4 is 22.9 Å². The second-order valence-electron chi connectivity index (χ2n) is 4.82. The molecular weight excluding hydrogens is 290 g/mol. The summed E-state index contributed by atoms with van der Waals surface area (Å²) in [4.78, 5) is 1.24. The van der Waals surface area contributed by atoms with Gasteiger partial charge in [0.25, 0.3) is 0 Å². The number of benzene rings is 1. The summed E-state index contributed by atoms with van der Waals surface area (Å²) in [5, 5.41) is 3.53. The first-order chi connectivity index (χ1) is 9.56. The van der Waals surface area contributed by atoms with E-state index >= 15 is 0 Å². The zero-order valence-corrected chi connectivity index (χ0v) is 13.9. The Hall–Kier alpha value is -1.03. The molecule has 2 aromatic rings. The van der Waals surface area contributed by atoms with E-state index in [-0.39, 0.29) is 6.04 Å². The van der Waals surface area contributed by atoms with Gasteiger partial charge in [-0.3, -0.25) is 0 Å². The first-order valence-corrected chi connectivity index (χ1v) is 7.90. The van der Waals surface area contributed by atoms with Crippen LogP contribution in [-0.2, 0) is 0 Å². The Kier molecular flexibility index (Phi) is 5.08. The van der Waals surface area contributed by atoms with Gasteiger partial charge in [0.1, 0.15) is 5.75 Å². The molecule has 0 saturated heterocycles. The average Bonchev–Trinajstić information content (AvgIpc) is 2.82. The van der Waals surface area contributed by atoms with Crippen molar-refractivity contribution in [2.24, 2.45) is 0 Å². The molecular formula is C16H20ClNOS. The molecule has 1 aromatic heterocycles. The third-order valence-corrected chi connectivity index (χ3v) is 4.60. The van der Waals surface area contributed by atoms with E-state index in [0.717, 1.165) is 27.8 Å². The molecule has 1 heterocycles. The molecule has 0 amide bonds. The minimum absolute atomic E-state index is 0.181. The highest BCUT2D eigenvalue weighted by Crippen LogP contribution is 2.34. The highest BCUT2D eigenvalue weighted by atomic mass is 35.5. The lowest BCUT2D eigenvalue weighted by Crippen LogP contribution is -2.21. The largest absolute Gasteiger partial charge is 0.496 e. The van der Waals surface area contributed by atoms with E-state index in [1.54, 1.807) is 18.4 Å². The SMILES string of the molecule is CCNC(c1cc(C)c(OC)c(C)c1)c1ccc(Cl)s1. The topological polar surface area (TPSA) is 21.3 Å². The summed E-state index contributed by atoms with van der Waals surface area (Å²) in [5.74, 6) is 0.966. The van der Waals surface area contributed by atoms with Gasteiger partial charge in [0.2, 0.25) is 0 Å². The molecule has 0 aliphatic carbocycles. The van der Waals surface area contributed by atoms with E-state index < -0.39 is 0 Å². The molecule has 0 radical (unpaired) electrons. The maximum absolute atomic E-state index is 6.07. The predicted octanol–water partition coefficient (Wildman–Crippen LogP) is 4.73. The second-order valence-corrected chi connectivity index (χ2v) is 6.57. The summed E-state index contributed by atoms with van der Waals surface area (Å²) < 4.78 is 6.27. The van der Waals surface area contributed by atoms with Crippen molar-refractivity contribution in [2.45, 2.75) is 26.8 Å². The molecule has 2 rings (SSSR count). The predicted molar refractivity (Wildman–Crippen MR) is 87.3 cm³/mol. The van der Waals surface area contributed by atoms with Crippen LogP contribution in [0.2, 0.25) is 4.34 Å². The molecule has 0 aliphatic rings. The first-order valence-electron chi connectivity index (χ1n) is 6.70. The van der Waals surface area contributed by atoms with Crippen LogP contribution >= 0.6 is 22.9 Å². The van der Waals surface area contributed by atoms with E-state index in [1.165, 1.54) is 10.4 Å². The Morgan fingerprint density at radius 2 is 1.90 bits per heavy atom. The Morgan fingerprint density at radius 3 is 2.35 bits per heavy atom. The fourth-order valence-electron chi connectivity index (χ4n) is 2.54. The number of nitrogens with one attached hydrogen (secondary N) is 1. The van der Waals surface area contributed by atoms with Crippen LogP contribution in [0.5, 0.6) is 5.75 Å². The number of hydrogen-bond acceptors (Lipinski definition) is 3. The van der Waals surface area contributed by atoms with Gasteiger partial charge in [0.15, 0.2) is 0 Å². The molecule has 4 heteroatoms. The molecule has 1 aromatic carbocycles. The second kappa shape index (κ2) is 6.61. The summed E-state index contributed by atoms with van der Waals surface area (Å²) in [6.45, 7) is 7.19. The fraction of sp³-hybridized carbons (Fsp3) is 0.375. The molecule has 0 fully saturated rings. The van der Waals surface area contributed by atoms with Crippen LogP contribution in [0.15, 0.2) is 24.3 Å². The maximum Gasteiger partial charge on any atom is 0.124 e. The van der Waals surface area contributed by atoms with Crippen molar-refractivity contribution < 1.29 is 4.74 Å². The smallest absolute Gasteiger partial charge is 0.124 e. The number of hydrogen-bond donors (Lipinski definition) is 1. The molecule has 108 valence electrons. The molecule has 20 heavy (non-hydrogen) atoms. The lowest BCUT2D eigenvalue weighted by Gasteiger charge is -2.20. The number of ether oxygens (including phenoxy) is 1. The Labute approximate surface area is 129 Å². The van der Waals surface area contributed by atoms with Crippen molar-refractivity contribution in [3.63, 3.8) is 0 Å². The summed E-state index contributed by atoms with van der Waals surface area (Å²) in [5.41, 5.74) is 3.57. The zero-order chi connectivity index (χ0) is 14.7. The number of rotatable bonds is 5. The van der Waals surface area contributed by atoms with Gasteiger partial charge in [-0.15, -0.1) is 11.3 Å². The Bertz CT molecular complexity index is 571. The van der Waals surface area contributed by atoms with Crippen LogP contribution in [-0.4, -0.2) is 13.7 Å². The van der Waals surface area contributed by atoms with Crippen molar-refractivity contribution in [1.82, 2.24) is 5.32 Å². The van der Waals surface area contributed by atoms with Crippen molar-refractivity contribution in [3.8, 4) is 5.75 Å². The maximum atomic E-state index is 6.07. The monoisotopic (exact) mass is 309 g/mol. The fourth-order valence-corrected chi connectivity index (χ4v) is 3.71. The van der Waals surface area contributed by atoms with E-state index in [1.807, 2.05) is 6.07 Å². The van der Waals surface area contributed by atoms with Gasteiger partial charge in [-0.05, 0) is 49.2 Å². The quantitative estimate of drug-likeness (QED) is 0.862. The van der Waals surface area contributed by atoms with E-state index in [2.05, 4.69) is 44.3 Å². The lowest BCUT2D eigenvalue weighted by atomic mass is 9.99. The number of aryl methyl sites for hydroxylation is 2. The van der Waals surface area contributed by atoms with E-state index in [9.17, 15) is 0 Å². The van der Waals surface area contributed by atoms with Gasteiger partial charge in [-0.25, -0.2) is 0 Å². The van der Waals surface area contributed by atoms with Gasteiger partial charge in [-0.1, -0.05) is 30.7 Å². The summed E-state index contributed by atoms with van der Waals surface area (Å²) in [6.07, 6.45) is 0.